The molecule has 0 radical (unpaired) electrons. The van der Waals surface area contributed by atoms with Crippen LogP contribution in [0.25, 0.3) is 0 Å². The maximum absolute atomic E-state index is 11.8. The van der Waals surface area contributed by atoms with Gasteiger partial charge in [0.25, 0.3) is 5.91 Å². The van der Waals surface area contributed by atoms with E-state index >= 15 is 0 Å². The van der Waals surface area contributed by atoms with Gasteiger partial charge in [-0.2, -0.15) is 0 Å². The number of nitrogens with zero attached hydrogens (tertiary/aromatic N) is 1. The molecule has 14 heavy (non-hydrogen) atoms. The SMILES string of the molecule is O=C([C@@H]1CNCCO1)N1C=CC=CC1. The highest BCUT2D eigenvalue weighted by atomic mass is 16.5. The first-order valence-electron chi connectivity index (χ1n) is 4.84. The normalized spacial score (nSPS) is 26.6. The molecular formula is C10H14N2O2. The third-order valence-electron chi connectivity index (χ3n) is 2.30. The van der Waals surface area contributed by atoms with Gasteiger partial charge in [-0.05, 0) is 6.08 Å². The van der Waals surface area contributed by atoms with Crippen molar-refractivity contribution in [2.75, 3.05) is 26.2 Å². The lowest BCUT2D eigenvalue weighted by Crippen LogP contribution is -2.48. The van der Waals surface area contributed by atoms with Gasteiger partial charge in [0, 0.05) is 25.8 Å². The molecule has 0 saturated carbocycles. The van der Waals surface area contributed by atoms with Crippen molar-refractivity contribution in [2.45, 2.75) is 6.10 Å². The van der Waals surface area contributed by atoms with Crippen LogP contribution in [0.5, 0.6) is 0 Å². The second kappa shape index (κ2) is 4.39. The Bertz CT molecular complexity index is 267. The van der Waals surface area contributed by atoms with Gasteiger partial charge in [0.15, 0.2) is 0 Å². The molecule has 0 aliphatic carbocycles. The van der Waals surface area contributed by atoms with Crippen LogP contribution in [0.4, 0.5) is 0 Å². The lowest BCUT2D eigenvalue weighted by atomic mass is 10.2. The van der Waals surface area contributed by atoms with E-state index in [1.807, 2.05) is 18.2 Å². The zero-order valence-corrected chi connectivity index (χ0v) is 7.98. The number of nitrogens with one attached hydrogen (secondary N) is 1. The molecule has 2 aliphatic rings. The average Bonchev–Trinajstić information content (AvgIpc) is 2.30. The van der Waals surface area contributed by atoms with Crippen LogP contribution in [0.1, 0.15) is 0 Å². The topological polar surface area (TPSA) is 41.6 Å². The van der Waals surface area contributed by atoms with Gasteiger partial charge in [0.2, 0.25) is 0 Å². The second-order valence-electron chi connectivity index (χ2n) is 3.32. The van der Waals surface area contributed by atoms with E-state index < -0.39 is 0 Å². The minimum absolute atomic E-state index is 0.0396. The van der Waals surface area contributed by atoms with Gasteiger partial charge in [0.05, 0.1) is 6.61 Å². The Morgan fingerprint density at radius 2 is 2.43 bits per heavy atom. The van der Waals surface area contributed by atoms with Gasteiger partial charge in [-0.25, -0.2) is 0 Å². The summed E-state index contributed by atoms with van der Waals surface area (Å²) in [5.74, 6) is 0.0396. The molecule has 4 nitrogen and oxygen atoms in total. The summed E-state index contributed by atoms with van der Waals surface area (Å²) in [6.07, 6.45) is 7.22. The standard InChI is InChI=1S/C10H14N2O2/c13-10(9-8-11-4-7-14-9)12-5-2-1-3-6-12/h1-3,5,9,11H,4,6-8H2/t9-/m0/s1. The molecule has 1 N–H and O–H groups in total. The van der Waals surface area contributed by atoms with Crippen molar-refractivity contribution in [3.63, 3.8) is 0 Å². The predicted octanol–water partition coefficient (Wildman–Crippen LogP) is -0.113. The molecule has 0 unspecified atom stereocenters. The molecule has 1 atom stereocenters. The zero-order chi connectivity index (χ0) is 9.80. The molecule has 2 rings (SSSR count). The Labute approximate surface area is 83.2 Å². The van der Waals surface area contributed by atoms with E-state index in [9.17, 15) is 4.79 Å². The smallest absolute Gasteiger partial charge is 0.257 e. The van der Waals surface area contributed by atoms with E-state index in [1.165, 1.54) is 0 Å². The number of carbonyl (C=O) groups excluding carboxylic acids is 1. The number of hydrogen-bond acceptors (Lipinski definition) is 3. The number of allylic oxidation sites excluding steroid dienone is 2. The maximum atomic E-state index is 11.8. The van der Waals surface area contributed by atoms with Gasteiger partial charge in [0.1, 0.15) is 6.10 Å². The summed E-state index contributed by atoms with van der Waals surface area (Å²) in [4.78, 5) is 13.5. The molecule has 0 aromatic rings. The summed E-state index contributed by atoms with van der Waals surface area (Å²) >= 11 is 0. The summed E-state index contributed by atoms with van der Waals surface area (Å²) in [5.41, 5.74) is 0. The van der Waals surface area contributed by atoms with E-state index in [-0.39, 0.29) is 12.0 Å². The summed E-state index contributed by atoms with van der Waals surface area (Å²) < 4.78 is 5.38. The summed E-state index contributed by atoms with van der Waals surface area (Å²) in [6.45, 7) is 2.71. The minimum Gasteiger partial charge on any atom is -0.366 e. The number of morpholine rings is 1. The van der Waals surface area contributed by atoms with Crippen molar-refractivity contribution >= 4 is 5.91 Å². The fraction of sp³-hybridized carbons (Fsp3) is 0.500. The highest BCUT2D eigenvalue weighted by molar-refractivity contribution is 5.82. The van der Waals surface area contributed by atoms with Crippen LogP contribution < -0.4 is 5.32 Å². The number of amides is 1. The van der Waals surface area contributed by atoms with Gasteiger partial charge >= 0.3 is 0 Å². The summed E-state index contributed by atoms with van der Waals surface area (Å²) in [7, 11) is 0. The molecular weight excluding hydrogens is 180 g/mol. The van der Waals surface area contributed by atoms with Gasteiger partial charge in [-0.15, -0.1) is 0 Å². The fourth-order valence-electron chi connectivity index (χ4n) is 1.54. The van der Waals surface area contributed by atoms with E-state index in [4.69, 9.17) is 4.74 Å². The van der Waals surface area contributed by atoms with Crippen LogP contribution in [0, 0.1) is 0 Å². The van der Waals surface area contributed by atoms with Crippen LogP contribution in [-0.2, 0) is 9.53 Å². The Kier molecular flexibility index (Phi) is 2.96. The Morgan fingerprint density at radius 3 is 3.07 bits per heavy atom. The van der Waals surface area contributed by atoms with Gasteiger partial charge in [-0.1, -0.05) is 12.2 Å². The Balaban J connectivity index is 1.93. The largest absolute Gasteiger partial charge is 0.366 e. The van der Waals surface area contributed by atoms with Crippen LogP contribution >= 0.6 is 0 Å². The lowest BCUT2D eigenvalue weighted by Gasteiger charge is -2.27. The third-order valence-corrected chi connectivity index (χ3v) is 2.30. The molecule has 4 heteroatoms. The monoisotopic (exact) mass is 194 g/mol. The van der Waals surface area contributed by atoms with E-state index in [1.54, 1.807) is 11.1 Å². The number of rotatable bonds is 1. The van der Waals surface area contributed by atoms with Crippen LogP contribution in [-0.4, -0.2) is 43.2 Å². The molecule has 0 bridgehead atoms. The van der Waals surface area contributed by atoms with Crippen molar-refractivity contribution in [1.29, 1.82) is 0 Å². The molecule has 0 aromatic carbocycles. The molecule has 0 spiro atoms. The van der Waals surface area contributed by atoms with Crippen LogP contribution in [0.3, 0.4) is 0 Å². The summed E-state index contributed by atoms with van der Waals surface area (Å²) in [5, 5.41) is 3.14. The third kappa shape index (κ3) is 2.02. The Morgan fingerprint density at radius 1 is 1.50 bits per heavy atom. The van der Waals surface area contributed by atoms with E-state index in [2.05, 4.69) is 5.32 Å². The Hall–Kier alpha value is -1.13. The molecule has 1 amide bonds. The highest BCUT2D eigenvalue weighted by Crippen LogP contribution is 2.06. The van der Waals surface area contributed by atoms with Crippen molar-refractivity contribution in [1.82, 2.24) is 10.2 Å². The molecule has 76 valence electrons. The minimum atomic E-state index is -0.320. The van der Waals surface area contributed by atoms with Crippen molar-refractivity contribution in [2.24, 2.45) is 0 Å². The molecule has 2 aliphatic heterocycles. The van der Waals surface area contributed by atoms with Crippen LogP contribution in [0.2, 0.25) is 0 Å². The van der Waals surface area contributed by atoms with Crippen molar-refractivity contribution < 1.29 is 9.53 Å². The molecule has 1 saturated heterocycles. The number of ether oxygens (including phenoxy) is 1. The fourth-order valence-corrected chi connectivity index (χ4v) is 1.54. The quantitative estimate of drug-likeness (QED) is 0.633. The van der Waals surface area contributed by atoms with Gasteiger partial charge in [-0.3, -0.25) is 4.79 Å². The van der Waals surface area contributed by atoms with Crippen molar-refractivity contribution in [3.05, 3.63) is 24.4 Å². The number of carbonyl (C=O) groups is 1. The average molecular weight is 194 g/mol. The molecule has 2 heterocycles. The lowest BCUT2D eigenvalue weighted by molar-refractivity contribution is -0.142. The highest BCUT2D eigenvalue weighted by Gasteiger charge is 2.25. The van der Waals surface area contributed by atoms with Crippen molar-refractivity contribution in [3.8, 4) is 0 Å². The first-order valence-corrected chi connectivity index (χ1v) is 4.84. The van der Waals surface area contributed by atoms with Crippen LogP contribution in [0.15, 0.2) is 24.4 Å². The second-order valence-corrected chi connectivity index (χ2v) is 3.32. The number of hydrogen-bond donors (Lipinski definition) is 1. The first-order chi connectivity index (χ1) is 6.88. The maximum Gasteiger partial charge on any atom is 0.257 e. The van der Waals surface area contributed by atoms with Gasteiger partial charge < -0.3 is 15.0 Å². The molecule has 0 aromatic heterocycles. The predicted molar refractivity (Wildman–Crippen MR) is 52.6 cm³/mol. The zero-order valence-electron chi connectivity index (χ0n) is 7.98. The summed E-state index contributed by atoms with van der Waals surface area (Å²) in [6, 6.07) is 0. The van der Waals surface area contributed by atoms with E-state index in [0.29, 0.717) is 19.7 Å². The first kappa shape index (κ1) is 9.43. The van der Waals surface area contributed by atoms with E-state index in [0.717, 1.165) is 6.54 Å². The molecule has 1 fully saturated rings.